The minimum Gasteiger partial charge on any atom is -0.494 e. The van der Waals surface area contributed by atoms with Crippen LogP contribution in [0.3, 0.4) is 0 Å². The summed E-state index contributed by atoms with van der Waals surface area (Å²) >= 11 is 0. The molecule has 0 saturated carbocycles. The van der Waals surface area contributed by atoms with E-state index in [9.17, 15) is 0 Å². The molecule has 3 nitrogen and oxygen atoms in total. The molecule has 0 amide bonds. The standard InChI is InChI=1S/C14H22N2O/c1-3-5-9-14(16-15)12-7-6-8-13(11-12)17-10-4-2/h3,6-8,11,14,16H,1,4-5,9-10,15H2,2H3. The fourth-order valence-corrected chi connectivity index (χ4v) is 1.67. The number of hydrogen-bond donors (Lipinski definition) is 2. The van der Waals surface area contributed by atoms with Crippen LogP contribution in [0, 0.1) is 0 Å². The predicted molar refractivity (Wildman–Crippen MR) is 71.7 cm³/mol. The fourth-order valence-electron chi connectivity index (χ4n) is 1.67. The summed E-state index contributed by atoms with van der Waals surface area (Å²) < 4.78 is 5.61. The summed E-state index contributed by atoms with van der Waals surface area (Å²) in [6.07, 6.45) is 4.80. The summed E-state index contributed by atoms with van der Waals surface area (Å²) in [7, 11) is 0. The first-order valence-electron chi connectivity index (χ1n) is 6.11. The quantitative estimate of drug-likeness (QED) is 0.413. The van der Waals surface area contributed by atoms with Crippen LogP contribution in [0.2, 0.25) is 0 Å². The average molecular weight is 234 g/mol. The van der Waals surface area contributed by atoms with E-state index in [1.54, 1.807) is 0 Å². The zero-order valence-corrected chi connectivity index (χ0v) is 10.5. The number of rotatable bonds is 8. The Bertz CT molecular complexity index is 339. The van der Waals surface area contributed by atoms with E-state index >= 15 is 0 Å². The second-order valence-corrected chi connectivity index (χ2v) is 4.01. The number of hydrogen-bond acceptors (Lipinski definition) is 3. The summed E-state index contributed by atoms with van der Waals surface area (Å²) in [5, 5.41) is 0. The highest BCUT2D eigenvalue weighted by Gasteiger charge is 2.09. The van der Waals surface area contributed by atoms with Gasteiger partial charge in [0.05, 0.1) is 6.61 Å². The molecule has 1 aromatic rings. The van der Waals surface area contributed by atoms with Crippen molar-refractivity contribution < 1.29 is 4.74 Å². The topological polar surface area (TPSA) is 47.3 Å². The highest BCUT2D eigenvalue weighted by Crippen LogP contribution is 2.22. The number of ether oxygens (including phenoxy) is 1. The van der Waals surface area contributed by atoms with Crippen LogP contribution in [0.15, 0.2) is 36.9 Å². The van der Waals surface area contributed by atoms with Crippen molar-refractivity contribution in [2.75, 3.05) is 6.61 Å². The third-order valence-electron chi connectivity index (χ3n) is 2.59. The van der Waals surface area contributed by atoms with Crippen molar-refractivity contribution in [1.82, 2.24) is 5.43 Å². The molecule has 3 N–H and O–H groups in total. The second kappa shape index (κ2) is 7.87. The van der Waals surface area contributed by atoms with Gasteiger partial charge in [0.1, 0.15) is 5.75 Å². The van der Waals surface area contributed by atoms with Gasteiger partial charge in [-0.2, -0.15) is 0 Å². The molecule has 0 radical (unpaired) electrons. The molecule has 3 heteroatoms. The van der Waals surface area contributed by atoms with Crippen LogP contribution in [0.25, 0.3) is 0 Å². The molecule has 0 aliphatic heterocycles. The molecular weight excluding hydrogens is 212 g/mol. The van der Waals surface area contributed by atoms with E-state index in [0.29, 0.717) is 0 Å². The maximum Gasteiger partial charge on any atom is 0.119 e. The lowest BCUT2D eigenvalue weighted by atomic mass is 10.0. The van der Waals surface area contributed by atoms with Gasteiger partial charge in [0.25, 0.3) is 0 Å². The largest absolute Gasteiger partial charge is 0.494 e. The van der Waals surface area contributed by atoms with E-state index in [4.69, 9.17) is 10.6 Å². The molecule has 1 unspecified atom stereocenters. The molecule has 0 bridgehead atoms. The molecule has 1 atom stereocenters. The van der Waals surface area contributed by atoms with Crippen molar-refractivity contribution in [3.63, 3.8) is 0 Å². The minimum atomic E-state index is 0.151. The van der Waals surface area contributed by atoms with Gasteiger partial charge in [-0.1, -0.05) is 25.1 Å². The van der Waals surface area contributed by atoms with Gasteiger partial charge in [0.15, 0.2) is 0 Å². The Morgan fingerprint density at radius 2 is 2.35 bits per heavy atom. The summed E-state index contributed by atoms with van der Waals surface area (Å²) in [4.78, 5) is 0. The Hall–Kier alpha value is -1.32. The summed E-state index contributed by atoms with van der Waals surface area (Å²) in [5.74, 6) is 6.48. The number of hydrazine groups is 1. The highest BCUT2D eigenvalue weighted by atomic mass is 16.5. The van der Waals surface area contributed by atoms with Crippen LogP contribution in [-0.2, 0) is 0 Å². The van der Waals surface area contributed by atoms with E-state index in [1.165, 1.54) is 0 Å². The Morgan fingerprint density at radius 3 is 3.00 bits per heavy atom. The van der Waals surface area contributed by atoms with Gasteiger partial charge in [0, 0.05) is 6.04 Å². The molecule has 0 spiro atoms. The lowest BCUT2D eigenvalue weighted by molar-refractivity contribution is 0.316. The van der Waals surface area contributed by atoms with E-state index in [0.717, 1.165) is 37.2 Å². The molecule has 17 heavy (non-hydrogen) atoms. The second-order valence-electron chi connectivity index (χ2n) is 4.01. The SMILES string of the molecule is C=CCCC(NN)c1cccc(OCCC)c1. The number of allylic oxidation sites excluding steroid dienone is 1. The monoisotopic (exact) mass is 234 g/mol. The highest BCUT2D eigenvalue weighted by molar-refractivity contribution is 5.30. The molecule has 0 aromatic heterocycles. The third-order valence-corrected chi connectivity index (χ3v) is 2.59. The van der Waals surface area contributed by atoms with Crippen molar-refractivity contribution >= 4 is 0 Å². The van der Waals surface area contributed by atoms with Gasteiger partial charge in [-0.05, 0) is 37.0 Å². The van der Waals surface area contributed by atoms with Crippen LogP contribution < -0.4 is 16.0 Å². The van der Waals surface area contributed by atoms with Gasteiger partial charge >= 0.3 is 0 Å². The zero-order chi connectivity index (χ0) is 12.5. The van der Waals surface area contributed by atoms with Crippen molar-refractivity contribution in [1.29, 1.82) is 0 Å². The molecule has 0 saturated heterocycles. The zero-order valence-electron chi connectivity index (χ0n) is 10.5. The average Bonchev–Trinajstić information content (AvgIpc) is 2.38. The van der Waals surface area contributed by atoms with E-state index in [2.05, 4.69) is 25.0 Å². The lowest BCUT2D eigenvalue weighted by Gasteiger charge is -2.16. The fraction of sp³-hybridized carbons (Fsp3) is 0.429. The summed E-state index contributed by atoms with van der Waals surface area (Å²) in [5.41, 5.74) is 3.99. The van der Waals surface area contributed by atoms with E-state index in [-0.39, 0.29) is 6.04 Å². The van der Waals surface area contributed by atoms with E-state index < -0.39 is 0 Å². The van der Waals surface area contributed by atoms with Gasteiger partial charge in [-0.15, -0.1) is 6.58 Å². The van der Waals surface area contributed by atoms with Gasteiger partial charge < -0.3 is 4.74 Å². The number of nitrogens with one attached hydrogen (secondary N) is 1. The Labute approximate surface area is 104 Å². The minimum absolute atomic E-state index is 0.151. The third kappa shape index (κ3) is 4.59. The van der Waals surface area contributed by atoms with Crippen molar-refractivity contribution in [3.05, 3.63) is 42.5 Å². The van der Waals surface area contributed by atoms with Crippen LogP contribution in [-0.4, -0.2) is 6.61 Å². The molecule has 0 heterocycles. The van der Waals surface area contributed by atoms with Gasteiger partial charge in [-0.25, -0.2) is 0 Å². The van der Waals surface area contributed by atoms with Crippen molar-refractivity contribution in [2.24, 2.45) is 5.84 Å². The van der Waals surface area contributed by atoms with Crippen LogP contribution in [0.5, 0.6) is 5.75 Å². The molecule has 0 aliphatic rings. The van der Waals surface area contributed by atoms with Crippen LogP contribution in [0.4, 0.5) is 0 Å². The Balaban J connectivity index is 2.69. The molecule has 1 aromatic carbocycles. The van der Waals surface area contributed by atoms with E-state index in [1.807, 2.05) is 24.3 Å². The number of benzene rings is 1. The Morgan fingerprint density at radius 1 is 1.53 bits per heavy atom. The maximum absolute atomic E-state index is 5.61. The number of nitrogens with two attached hydrogens (primary N) is 1. The summed E-state index contributed by atoms with van der Waals surface area (Å²) in [6, 6.07) is 8.23. The molecule has 0 aliphatic carbocycles. The van der Waals surface area contributed by atoms with Crippen molar-refractivity contribution in [3.8, 4) is 5.75 Å². The Kier molecular flexibility index (Phi) is 6.37. The first-order chi connectivity index (χ1) is 8.31. The van der Waals surface area contributed by atoms with Crippen LogP contribution in [0.1, 0.15) is 37.8 Å². The summed E-state index contributed by atoms with van der Waals surface area (Å²) in [6.45, 7) is 6.57. The molecule has 1 rings (SSSR count). The smallest absolute Gasteiger partial charge is 0.119 e. The molecular formula is C14H22N2O. The first kappa shape index (κ1) is 13.7. The first-order valence-corrected chi connectivity index (χ1v) is 6.11. The normalized spacial score (nSPS) is 12.1. The molecule has 94 valence electrons. The van der Waals surface area contributed by atoms with Crippen molar-refractivity contribution in [2.45, 2.75) is 32.2 Å². The molecule has 0 fully saturated rings. The maximum atomic E-state index is 5.61. The predicted octanol–water partition coefficient (Wildman–Crippen LogP) is 2.95. The van der Waals surface area contributed by atoms with Crippen LogP contribution >= 0.6 is 0 Å². The van der Waals surface area contributed by atoms with Gasteiger partial charge in [0.2, 0.25) is 0 Å². The lowest BCUT2D eigenvalue weighted by Crippen LogP contribution is -2.27. The van der Waals surface area contributed by atoms with Gasteiger partial charge in [-0.3, -0.25) is 11.3 Å².